The van der Waals surface area contributed by atoms with Crippen LogP contribution >= 0.6 is 0 Å². The first kappa shape index (κ1) is 13.0. The monoisotopic (exact) mass is 273 g/mol. The summed E-state index contributed by atoms with van der Waals surface area (Å²) in [4.78, 5) is 0. The number of para-hydroxylation sites is 2. The van der Waals surface area contributed by atoms with E-state index in [9.17, 15) is 0 Å². The fourth-order valence-electron chi connectivity index (χ4n) is 2.47. The molecular formula is C15H19N3O2. The number of hydrogen-bond donors (Lipinski definition) is 1. The van der Waals surface area contributed by atoms with Crippen LogP contribution in [-0.4, -0.2) is 30.0 Å². The van der Waals surface area contributed by atoms with Gasteiger partial charge in [-0.1, -0.05) is 12.1 Å². The maximum Gasteiger partial charge on any atom is 0.169 e. The molecule has 0 unspecified atom stereocenters. The molecular weight excluding hydrogens is 254 g/mol. The molecule has 20 heavy (non-hydrogen) atoms. The molecule has 1 aliphatic heterocycles. The number of benzene rings is 1. The van der Waals surface area contributed by atoms with Crippen LogP contribution in [-0.2, 0) is 0 Å². The van der Waals surface area contributed by atoms with E-state index in [1.165, 1.54) is 0 Å². The van der Waals surface area contributed by atoms with Gasteiger partial charge in [-0.25, -0.2) is 0 Å². The van der Waals surface area contributed by atoms with Crippen molar-refractivity contribution in [2.75, 3.05) is 20.2 Å². The van der Waals surface area contributed by atoms with Crippen LogP contribution in [0, 0.1) is 0 Å². The quantitative estimate of drug-likeness (QED) is 0.930. The van der Waals surface area contributed by atoms with Gasteiger partial charge in [-0.3, -0.25) is 4.68 Å². The summed E-state index contributed by atoms with van der Waals surface area (Å²) >= 11 is 0. The maximum absolute atomic E-state index is 5.85. The molecule has 2 heterocycles. The highest BCUT2D eigenvalue weighted by Gasteiger charge is 2.16. The highest BCUT2D eigenvalue weighted by Crippen LogP contribution is 2.31. The second-order valence-corrected chi connectivity index (χ2v) is 4.89. The lowest BCUT2D eigenvalue weighted by molar-refractivity contribution is 0.341. The van der Waals surface area contributed by atoms with Crippen molar-refractivity contribution >= 4 is 0 Å². The van der Waals surface area contributed by atoms with E-state index in [2.05, 4.69) is 10.4 Å². The molecule has 0 bridgehead atoms. The van der Waals surface area contributed by atoms with E-state index in [1.54, 1.807) is 13.3 Å². The molecule has 0 amide bonds. The molecule has 0 aliphatic carbocycles. The maximum atomic E-state index is 5.85. The van der Waals surface area contributed by atoms with E-state index < -0.39 is 0 Å². The van der Waals surface area contributed by atoms with Gasteiger partial charge in [0.2, 0.25) is 0 Å². The Morgan fingerprint density at radius 2 is 1.95 bits per heavy atom. The van der Waals surface area contributed by atoms with Crippen molar-refractivity contribution in [3.8, 4) is 17.2 Å². The lowest BCUT2D eigenvalue weighted by atomic mass is 10.1. The standard InChI is InChI=1S/C15H19N3O2/c1-19-14-4-2-3-5-15(14)20-13-10-17-18(11-13)12-6-8-16-9-7-12/h2-5,10-12,16H,6-9H2,1H3. The molecule has 5 nitrogen and oxygen atoms in total. The number of piperidine rings is 1. The van der Waals surface area contributed by atoms with Crippen molar-refractivity contribution in [1.29, 1.82) is 0 Å². The first-order valence-electron chi connectivity index (χ1n) is 6.92. The third kappa shape index (κ3) is 2.77. The van der Waals surface area contributed by atoms with Crippen molar-refractivity contribution in [3.63, 3.8) is 0 Å². The van der Waals surface area contributed by atoms with Crippen LogP contribution in [0.5, 0.6) is 17.2 Å². The molecule has 1 fully saturated rings. The van der Waals surface area contributed by atoms with Gasteiger partial charge in [0, 0.05) is 0 Å². The SMILES string of the molecule is COc1ccccc1Oc1cnn(C2CCNCC2)c1. The van der Waals surface area contributed by atoms with E-state index in [4.69, 9.17) is 9.47 Å². The van der Waals surface area contributed by atoms with Crippen LogP contribution in [0.2, 0.25) is 0 Å². The summed E-state index contributed by atoms with van der Waals surface area (Å²) in [5.74, 6) is 2.18. The van der Waals surface area contributed by atoms with E-state index in [-0.39, 0.29) is 0 Å². The fraction of sp³-hybridized carbons (Fsp3) is 0.400. The Bertz CT molecular complexity index is 562. The number of ether oxygens (including phenoxy) is 2. The van der Waals surface area contributed by atoms with Crippen LogP contribution in [0.15, 0.2) is 36.7 Å². The van der Waals surface area contributed by atoms with Crippen LogP contribution < -0.4 is 14.8 Å². The number of rotatable bonds is 4. The molecule has 1 aromatic heterocycles. The largest absolute Gasteiger partial charge is 0.493 e. The lowest BCUT2D eigenvalue weighted by Crippen LogP contribution is -2.29. The number of nitrogens with one attached hydrogen (secondary N) is 1. The lowest BCUT2D eigenvalue weighted by Gasteiger charge is -2.22. The Labute approximate surface area is 118 Å². The van der Waals surface area contributed by atoms with Crippen molar-refractivity contribution in [2.24, 2.45) is 0 Å². The predicted octanol–water partition coefficient (Wildman–Crippen LogP) is 2.61. The second-order valence-electron chi connectivity index (χ2n) is 4.89. The Hall–Kier alpha value is -2.01. The topological polar surface area (TPSA) is 48.3 Å². The third-order valence-electron chi connectivity index (χ3n) is 3.56. The summed E-state index contributed by atoms with van der Waals surface area (Å²) < 4.78 is 13.1. The molecule has 0 atom stereocenters. The molecule has 1 saturated heterocycles. The van der Waals surface area contributed by atoms with Crippen molar-refractivity contribution in [1.82, 2.24) is 15.1 Å². The Morgan fingerprint density at radius 1 is 1.20 bits per heavy atom. The zero-order valence-corrected chi connectivity index (χ0v) is 11.6. The average Bonchev–Trinajstić information content (AvgIpc) is 2.97. The first-order valence-corrected chi connectivity index (χ1v) is 6.92. The van der Waals surface area contributed by atoms with Gasteiger partial charge in [-0.2, -0.15) is 5.10 Å². The third-order valence-corrected chi connectivity index (χ3v) is 3.56. The highest BCUT2D eigenvalue weighted by molar-refractivity contribution is 5.41. The van der Waals surface area contributed by atoms with E-state index in [0.717, 1.165) is 37.4 Å². The molecule has 3 rings (SSSR count). The van der Waals surface area contributed by atoms with Gasteiger partial charge in [-0.15, -0.1) is 0 Å². The van der Waals surface area contributed by atoms with Crippen LogP contribution in [0.25, 0.3) is 0 Å². The Morgan fingerprint density at radius 3 is 2.70 bits per heavy atom. The average molecular weight is 273 g/mol. The smallest absolute Gasteiger partial charge is 0.169 e. The van der Waals surface area contributed by atoms with E-state index in [0.29, 0.717) is 11.8 Å². The zero-order chi connectivity index (χ0) is 13.8. The molecule has 0 radical (unpaired) electrons. The van der Waals surface area contributed by atoms with Gasteiger partial charge in [0.15, 0.2) is 17.2 Å². The minimum absolute atomic E-state index is 0.464. The van der Waals surface area contributed by atoms with E-state index >= 15 is 0 Å². The number of nitrogens with zero attached hydrogens (tertiary/aromatic N) is 2. The highest BCUT2D eigenvalue weighted by atomic mass is 16.5. The van der Waals surface area contributed by atoms with Crippen molar-refractivity contribution in [3.05, 3.63) is 36.7 Å². The number of aromatic nitrogens is 2. The van der Waals surface area contributed by atoms with Gasteiger partial charge in [0.1, 0.15) is 0 Å². The van der Waals surface area contributed by atoms with Crippen LogP contribution in [0.1, 0.15) is 18.9 Å². The summed E-state index contributed by atoms with van der Waals surface area (Å²) in [5, 5.41) is 7.77. The number of methoxy groups -OCH3 is 1. The summed E-state index contributed by atoms with van der Waals surface area (Å²) in [7, 11) is 1.64. The summed E-state index contributed by atoms with van der Waals surface area (Å²) in [6.45, 7) is 2.10. The summed E-state index contributed by atoms with van der Waals surface area (Å²) in [6, 6.07) is 8.08. The summed E-state index contributed by atoms with van der Waals surface area (Å²) in [6.07, 6.45) is 5.93. The molecule has 1 aliphatic rings. The molecule has 106 valence electrons. The van der Waals surface area contributed by atoms with Gasteiger partial charge in [-0.05, 0) is 38.1 Å². The van der Waals surface area contributed by atoms with E-state index in [1.807, 2.05) is 35.1 Å². The summed E-state index contributed by atoms with van der Waals surface area (Å²) in [5.41, 5.74) is 0. The minimum Gasteiger partial charge on any atom is -0.493 e. The van der Waals surface area contributed by atoms with Gasteiger partial charge in [0.25, 0.3) is 0 Å². The number of hydrogen-bond acceptors (Lipinski definition) is 4. The molecule has 5 heteroatoms. The van der Waals surface area contributed by atoms with Crippen molar-refractivity contribution < 1.29 is 9.47 Å². The Kier molecular flexibility index (Phi) is 3.87. The van der Waals surface area contributed by atoms with Gasteiger partial charge in [0.05, 0.1) is 25.5 Å². The van der Waals surface area contributed by atoms with Gasteiger partial charge >= 0.3 is 0 Å². The second kappa shape index (κ2) is 5.96. The zero-order valence-electron chi connectivity index (χ0n) is 11.6. The van der Waals surface area contributed by atoms with Crippen LogP contribution in [0.4, 0.5) is 0 Å². The normalized spacial score (nSPS) is 16.1. The Balaban J connectivity index is 1.73. The van der Waals surface area contributed by atoms with Crippen LogP contribution in [0.3, 0.4) is 0 Å². The molecule has 0 spiro atoms. The van der Waals surface area contributed by atoms with Gasteiger partial charge < -0.3 is 14.8 Å². The first-order chi connectivity index (χ1) is 9.86. The molecule has 0 saturated carbocycles. The fourth-order valence-corrected chi connectivity index (χ4v) is 2.47. The minimum atomic E-state index is 0.464. The van der Waals surface area contributed by atoms with Crippen molar-refractivity contribution in [2.45, 2.75) is 18.9 Å². The molecule has 1 aromatic carbocycles. The molecule has 1 N–H and O–H groups in total. The molecule has 2 aromatic rings. The predicted molar refractivity (Wildman–Crippen MR) is 76.4 cm³/mol.